The highest BCUT2D eigenvalue weighted by Crippen LogP contribution is 2.66. The molecule has 0 aliphatic heterocycles. The smallest absolute Gasteiger partial charge is 0.308 e. The van der Waals surface area contributed by atoms with E-state index in [9.17, 15) is 13.6 Å². The van der Waals surface area contributed by atoms with E-state index in [0.29, 0.717) is 5.92 Å². The van der Waals surface area contributed by atoms with Gasteiger partial charge in [-0.05, 0) is 30.6 Å². The lowest BCUT2D eigenvalue weighted by Crippen LogP contribution is -2.38. The van der Waals surface area contributed by atoms with Crippen LogP contribution in [0.25, 0.3) is 0 Å². The van der Waals surface area contributed by atoms with Gasteiger partial charge in [0.05, 0.1) is 13.0 Å². The second-order valence-electron chi connectivity index (χ2n) is 6.80. The number of carbonyl (C=O) groups excluding carboxylic acids is 1. The molecule has 0 saturated heterocycles. The van der Waals surface area contributed by atoms with Crippen LogP contribution < -0.4 is 0 Å². The summed E-state index contributed by atoms with van der Waals surface area (Å²) in [5, 5.41) is 0. The van der Waals surface area contributed by atoms with Gasteiger partial charge in [-0.25, -0.2) is 8.78 Å². The molecule has 3 nitrogen and oxygen atoms in total. The molecule has 2 aliphatic carbocycles. The highest BCUT2D eigenvalue weighted by atomic mass is 19.3. The molecule has 0 heterocycles. The Morgan fingerprint density at radius 1 is 1.35 bits per heavy atom. The lowest BCUT2D eigenvalue weighted by molar-refractivity contribution is -0.158. The normalized spacial score (nSPS) is 34.7. The predicted octanol–water partition coefficient (Wildman–Crippen LogP) is 3.42. The van der Waals surface area contributed by atoms with Crippen molar-refractivity contribution in [3.8, 4) is 0 Å². The molecule has 3 unspecified atom stereocenters. The number of esters is 1. The number of hydrogen-bond donors (Lipinski definition) is 0. The van der Waals surface area contributed by atoms with Crippen LogP contribution in [0, 0.1) is 16.7 Å². The minimum Gasteiger partial charge on any atom is -0.462 e. The fraction of sp³-hybridized carbons (Fsp3) is 0.933. The molecule has 2 bridgehead atoms. The van der Waals surface area contributed by atoms with Crippen LogP contribution in [0.15, 0.2) is 0 Å². The van der Waals surface area contributed by atoms with Crippen LogP contribution in [0.4, 0.5) is 8.78 Å². The van der Waals surface area contributed by atoms with Crippen LogP contribution in [0.3, 0.4) is 0 Å². The number of ether oxygens (including phenoxy) is 2. The Morgan fingerprint density at radius 2 is 2.05 bits per heavy atom. The Morgan fingerprint density at radius 3 is 2.55 bits per heavy atom. The first-order chi connectivity index (χ1) is 9.27. The first-order valence-electron chi connectivity index (χ1n) is 7.33. The van der Waals surface area contributed by atoms with E-state index in [-0.39, 0.29) is 35.9 Å². The molecule has 0 radical (unpaired) electrons. The zero-order chi connectivity index (χ0) is 15.0. The molecule has 3 atom stereocenters. The van der Waals surface area contributed by atoms with Crippen molar-refractivity contribution >= 4 is 5.97 Å². The summed E-state index contributed by atoms with van der Waals surface area (Å²) in [5.74, 6) is 0.272. The lowest BCUT2D eigenvalue weighted by Gasteiger charge is -2.38. The average molecular weight is 290 g/mol. The molecular formula is C15H24F2O3. The molecule has 0 aromatic carbocycles. The Kier molecular flexibility index (Phi) is 4.38. The topological polar surface area (TPSA) is 35.5 Å². The summed E-state index contributed by atoms with van der Waals surface area (Å²) in [6.07, 6.45) is 0.729. The number of carbonyl (C=O) groups is 1. The number of fused-ring (bicyclic) bond motifs is 2. The van der Waals surface area contributed by atoms with E-state index in [1.807, 2.05) is 0 Å². The molecule has 2 aliphatic rings. The Balaban J connectivity index is 1.79. The maximum absolute atomic E-state index is 11.9. The summed E-state index contributed by atoms with van der Waals surface area (Å²) in [5.41, 5.74) is 0.237. The van der Waals surface area contributed by atoms with Crippen molar-refractivity contribution in [1.29, 1.82) is 0 Å². The monoisotopic (exact) mass is 290 g/mol. The molecule has 0 spiro atoms. The van der Waals surface area contributed by atoms with E-state index in [1.54, 1.807) is 0 Å². The zero-order valence-electron chi connectivity index (χ0n) is 12.5. The molecule has 116 valence electrons. The largest absolute Gasteiger partial charge is 0.462 e. The van der Waals surface area contributed by atoms with Crippen LogP contribution in [0.2, 0.25) is 0 Å². The predicted molar refractivity (Wildman–Crippen MR) is 70.5 cm³/mol. The SMILES string of the molecule is CC1(C)C2CCC1(C)C(OC(=O)CCOCC(F)F)C2. The lowest BCUT2D eigenvalue weighted by atomic mass is 9.70. The van der Waals surface area contributed by atoms with Gasteiger partial charge in [0.25, 0.3) is 6.43 Å². The zero-order valence-corrected chi connectivity index (χ0v) is 12.5. The van der Waals surface area contributed by atoms with Gasteiger partial charge in [0.2, 0.25) is 0 Å². The molecule has 0 N–H and O–H groups in total. The van der Waals surface area contributed by atoms with Crippen molar-refractivity contribution in [2.24, 2.45) is 16.7 Å². The van der Waals surface area contributed by atoms with E-state index in [2.05, 4.69) is 20.8 Å². The van der Waals surface area contributed by atoms with E-state index < -0.39 is 13.0 Å². The van der Waals surface area contributed by atoms with E-state index in [1.165, 1.54) is 6.42 Å². The maximum Gasteiger partial charge on any atom is 0.308 e. The molecule has 2 rings (SSSR count). The van der Waals surface area contributed by atoms with Gasteiger partial charge in [0.15, 0.2) is 0 Å². The van der Waals surface area contributed by atoms with Crippen molar-refractivity contribution in [2.45, 2.75) is 59.0 Å². The quantitative estimate of drug-likeness (QED) is 0.555. The number of hydrogen-bond acceptors (Lipinski definition) is 3. The van der Waals surface area contributed by atoms with Gasteiger partial charge < -0.3 is 9.47 Å². The van der Waals surface area contributed by atoms with Crippen molar-refractivity contribution in [2.75, 3.05) is 13.2 Å². The summed E-state index contributed by atoms with van der Waals surface area (Å²) in [7, 11) is 0. The number of alkyl halides is 2. The number of rotatable bonds is 6. The molecule has 2 fully saturated rings. The maximum atomic E-state index is 11.9. The van der Waals surface area contributed by atoms with Crippen LogP contribution in [-0.2, 0) is 14.3 Å². The minimum atomic E-state index is -2.49. The molecule has 2 saturated carbocycles. The van der Waals surface area contributed by atoms with Crippen molar-refractivity contribution in [3.63, 3.8) is 0 Å². The third-order valence-electron chi connectivity index (χ3n) is 5.68. The van der Waals surface area contributed by atoms with Gasteiger partial charge >= 0.3 is 5.97 Å². The number of halogens is 2. The molecule has 0 aromatic heterocycles. The first-order valence-corrected chi connectivity index (χ1v) is 7.33. The van der Waals surface area contributed by atoms with Crippen LogP contribution in [-0.4, -0.2) is 31.7 Å². The standard InChI is InChI=1S/C15H24F2O3/c1-14(2)10-4-6-15(14,3)11(8-10)20-13(18)5-7-19-9-12(16)17/h10-12H,4-9H2,1-3H3. The van der Waals surface area contributed by atoms with E-state index in [4.69, 9.17) is 9.47 Å². The second kappa shape index (κ2) is 5.58. The van der Waals surface area contributed by atoms with Crippen molar-refractivity contribution in [3.05, 3.63) is 0 Å². The fourth-order valence-corrected chi connectivity index (χ4v) is 3.85. The summed E-state index contributed by atoms with van der Waals surface area (Å²) in [4.78, 5) is 11.8. The average Bonchev–Trinajstić information content (AvgIpc) is 2.67. The van der Waals surface area contributed by atoms with Crippen LogP contribution in [0.5, 0.6) is 0 Å². The molecular weight excluding hydrogens is 266 g/mol. The van der Waals surface area contributed by atoms with Gasteiger partial charge in [-0.3, -0.25) is 4.79 Å². The first kappa shape index (κ1) is 15.7. The van der Waals surface area contributed by atoms with E-state index >= 15 is 0 Å². The Bertz CT molecular complexity index is 370. The highest BCUT2D eigenvalue weighted by Gasteiger charge is 2.62. The van der Waals surface area contributed by atoms with Gasteiger partial charge in [0.1, 0.15) is 12.7 Å². The molecule has 0 amide bonds. The van der Waals surface area contributed by atoms with Gasteiger partial charge in [0, 0.05) is 5.41 Å². The summed E-state index contributed by atoms with van der Waals surface area (Å²) in [6, 6.07) is 0. The third kappa shape index (κ3) is 2.69. The van der Waals surface area contributed by atoms with Gasteiger partial charge in [-0.15, -0.1) is 0 Å². The molecule has 20 heavy (non-hydrogen) atoms. The van der Waals surface area contributed by atoms with Crippen LogP contribution in [0.1, 0.15) is 46.5 Å². The minimum absolute atomic E-state index is 0.000566. The molecule has 5 heteroatoms. The highest BCUT2D eigenvalue weighted by molar-refractivity contribution is 5.69. The molecule has 0 aromatic rings. The van der Waals surface area contributed by atoms with Crippen LogP contribution >= 0.6 is 0 Å². The van der Waals surface area contributed by atoms with Gasteiger partial charge in [-0.1, -0.05) is 20.8 Å². The van der Waals surface area contributed by atoms with Crippen molar-refractivity contribution < 1.29 is 23.0 Å². The second-order valence-corrected chi connectivity index (χ2v) is 6.80. The van der Waals surface area contributed by atoms with Crippen molar-refractivity contribution in [1.82, 2.24) is 0 Å². The summed E-state index contributed by atoms with van der Waals surface area (Å²) in [6.45, 7) is 6.09. The summed E-state index contributed by atoms with van der Waals surface area (Å²) >= 11 is 0. The fourth-order valence-electron chi connectivity index (χ4n) is 3.85. The Hall–Kier alpha value is -0.710. The third-order valence-corrected chi connectivity index (χ3v) is 5.68. The van der Waals surface area contributed by atoms with Gasteiger partial charge in [-0.2, -0.15) is 0 Å². The van der Waals surface area contributed by atoms with E-state index in [0.717, 1.165) is 12.8 Å². The Labute approximate surface area is 119 Å². The summed E-state index contributed by atoms with van der Waals surface area (Å²) < 4.78 is 34.1.